The first-order valence-corrected chi connectivity index (χ1v) is 2.58. The lowest BCUT2D eigenvalue weighted by molar-refractivity contribution is 0.565. The van der Waals surface area contributed by atoms with E-state index in [2.05, 4.69) is 12.8 Å². The van der Waals surface area contributed by atoms with Gasteiger partial charge in [-0.3, -0.25) is 0 Å². The lowest BCUT2D eigenvalue weighted by Crippen LogP contribution is -2.13. The quantitative estimate of drug-likeness (QED) is 0.361. The van der Waals surface area contributed by atoms with Crippen LogP contribution in [0.4, 0.5) is 0 Å². The first-order chi connectivity index (χ1) is 2.89. The van der Waals surface area contributed by atoms with Crippen LogP contribution in [0.5, 0.6) is 0 Å². The van der Waals surface area contributed by atoms with Crippen LogP contribution in [-0.2, 0) is 0 Å². The summed E-state index contributed by atoms with van der Waals surface area (Å²) in [5.74, 6) is 0. The van der Waals surface area contributed by atoms with Crippen LogP contribution in [0.25, 0.3) is 0 Å². The molecule has 0 saturated carbocycles. The molecule has 1 saturated heterocycles. The Morgan fingerprint density at radius 2 is 1.67 bits per heavy atom. The fourth-order valence-electron chi connectivity index (χ4n) is 0.875. The molecule has 34 valence electrons. The van der Waals surface area contributed by atoms with Gasteiger partial charge in [-0.05, 0) is 25.9 Å². The maximum Gasteiger partial charge on any atom is 0.185 e. The van der Waals surface area contributed by atoms with E-state index in [9.17, 15) is 0 Å². The summed E-state index contributed by atoms with van der Waals surface area (Å²) in [6.07, 6.45) is 2.83. The van der Waals surface area contributed by atoms with Crippen LogP contribution in [0.2, 0.25) is 0 Å². The van der Waals surface area contributed by atoms with Crippen LogP contribution in [0.3, 0.4) is 0 Å². The molecule has 1 nitrogen and oxygen atoms in total. The summed E-state index contributed by atoms with van der Waals surface area (Å²) in [5, 5.41) is 0. The zero-order chi connectivity index (χ0) is 4.41. The Bertz CT molecular complexity index is 40.8. The van der Waals surface area contributed by atoms with Gasteiger partial charge in [0.2, 0.25) is 0 Å². The third kappa shape index (κ3) is 0.746. The van der Waals surface area contributed by atoms with E-state index in [1.165, 1.54) is 25.9 Å². The Morgan fingerprint density at radius 3 is 1.83 bits per heavy atom. The molecule has 0 unspecified atom stereocenters. The highest BCUT2D eigenvalue weighted by atomic mass is 15.0. The second kappa shape index (κ2) is 1.65. The first kappa shape index (κ1) is 4.19. The number of nitrogens with zero attached hydrogens (tertiary/aromatic N) is 1. The fraction of sp³-hybridized carbons (Fsp3) is 1.00. The van der Waals surface area contributed by atoms with Crippen LogP contribution < -0.4 is 0 Å². The minimum atomic E-state index is 1.32. The van der Waals surface area contributed by atoms with Crippen molar-refractivity contribution in [3.63, 3.8) is 0 Å². The van der Waals surface area contributed by atoms with Crippen LogP contribution in [0.15, 0.2) is 0 Å². The third-order valence-electron chi connectivity index (χ3n) is 1.33. The zero-order valence-electron chi connectivity index (χ0n) is 4.28. The van der Waals surface area contributed by atoms with Gasteiger partial charge >= 0.3 is 0 Å². The molecule has 0 radical (unpaired) electrons. The Hall–Kier alpha value is 0.0249. The molecule has 0 aromatic rings. The lowest BCUT2D eigenvalue weighted by atomic mass is 10.3. The fourth-order valence-corrected chi connectivity index (χ4v) is 0.875. The molecule has 0 aromatic heterocycles. The van der Waals surface area contributed by atoms with Gasteiger partial charge in [0, 0.05) is 0 Å². The summed E-state index contributed by atoms with van der Waals surface area (Å²) in [6, 6.07) is 0. The highest BCUT2D eigenvalue weighted by Gasteiger charge is 2.03. The van der Waals surface area contributed by atoms with Crippen molar-refractivity contribution in [2.45, 2.75) is 12.8 Å². The molecule has 1 rings (SSSR count). The highest BCUT2D eigenvalue weighted by Crippen LogP contribution is 2.01. The molecule has 0 atom stereocenters. The van der Waals surface area contributed by atoms with E-state index in [-0.39, 0.29) is 0 Å². The van der Waals surface area contributed by atoms with Gasteiger partial charge in [-0.25, -0.2) is 0 Å². The molecule has 0 amide bonds. The predicted molar refractivity (Wildman–Crippen MR) is 29.4 cm³/mol. The topological polar surface area (TPSA) is 3.24 Å². The molecule has 1 fully saturated rings. The second-order valence-corrected chi connectivity index (χ2v) is 2.01. The van der Waals surface area contributed by atoms with E-state index in [4.69, 9.17) is 0 Å². The molecule has 0 spiro atoms. The van der Waals surface area contributed by atoms with Crippen molar-refractivity contribution < 1.29 is 0 Å². The molecule has 0 aromatic carbocycles. The summed E-state index contributed by atoms with van der Waals surface area (Å²) in [6.45, 7) is 2.64. The molecule has 0 aliphatic carbocycles. The van der Waals surface area contributed by atoms with Crippen molar-refractivity contribution in [1.29, 1.82) is 0 Å². The van der Waals surface area contributed by atoms with Crippen molar-refractivity contribution in [2.75, 3.05) is 13.1 Å². The maximum atomic E-state index is 2.36. The van der Waals surface area contributed by atoms with Crippen molar-refractivity contribution >= 4 is 7.98 Å². The lowest BCUT2D eigenvalue weighted by Gasteiger charge is -2.01. The summed E-state index contributed by atoms with van der Waals surface area (Å²) in [5.41, 5.74) is 0. The van der Waals surface area contributed by atoms with Crippen LogP contribution in [-0.4, -0.2) is 25.9 Å². The minimum Gasteiger partial charge on any atom is -0.349 e. The van der Waals surface area contributed by atoms with E-state index >= 15 is 0 Å². The molecule has 0 N–H and O–H groups in total. The average Bonchev–Trinajstić information content (AvgIpc) is 1.86. The molecule has 0 bridgehead atoms. The highest BCUT2D eigenvalue weighted by molar-refractivity contribution is 6.04. The van der Waals surface area contributed by atoms with Crippen LogP contribution >= 0.6 is 0 Å². The summed E-state index contributed by atoms with van der Waals surface area (Å²) < 4.78 is 0. The molecule has 1 heterocycles. The molecular formula is C4H10BN. The molecule has 1 aliphatic rings. The van der Waals surface area contributed by atoms with E-state index in [0.29, 0.717) is 0 Å². The van der Waals surface area contributed by atoms with Gasteiger partial charge in [0.05, 0.1) is 0 Å². The monoisotopic (exact) mass is 83.1 g/mol. The third-order valence-corrected chi connectivity index (χ3v) is 1.33. The van der Waals surface area contributed by atoms with E-state index < -0.39 is 0 Å². The summed E-state index contributed by atoms with van der Waals surface area (Å²) in [7, 11) is 2.17. The van der Waals surface area contributed by atoms with E-state index in [0.717, 1.165) is 0 Å². The normalized spacial score (nSPS) is 25.3. The largest absolute Gasteiger partial charge is 0.349 e. The van der Waals surface area contributed by atoms with E-state index in [1.54, 1.807) is 0 Å². The van der Waals surface area contributed by atoms with Gasteiger partial charge in [-0.15, -0.1) is 0 Å². The molecular weight excluding hydrogens is 72.9 g/mol. The van der Waals surface area contributed by atoms with Crippen molar-refractivity contribution in [3.05, 3.63) is 0 Å². The molecule has 2 heteroatoms. The number of hydrogen-bond acceptors (Lipinski definition) is 1. The van der Waals surface area contributed by atoms with Crippen molar-refractivity contribution in [3.8, 4) is 0 Å². The summed E-state index contributed by atoms with van der Waals surface area (Å²) in [4.78, 5) is 2.36. The average molecular weight is 82.9 g/mol. The van der Waals surface area contributed by atoms with Gasteiger partial charge in [0.15, 0.2) is 7.98 Å². The molecule has 6 heavy (non-hydrogen) atoms. The standard InChI is InChI=1S/C4H10BN/c5-6-3-1-2-4-6/h1-5H2. The van der Waals surface area contributed by atoms with Gasteiger partial charge < -0.3 is 4.81 Å². The predicted octanol–water partition coefficient (Wildman–Crippen LogP) is -0.370. The number of hydrogen-bond donors (Lipinski definition) is 0. The zero-order valence-corrected chi connectivity index (χ0v) is 4.28. The van der Waals surface area contributed by atoms with Gasteiger partial charge in [0.25, 0.3) is 0 Å². The Morgan fingerprint density at radius 1 is 1.17 bits per heavy atom. The van der Waals surface area contributed by atoms with Crippen molar-refractivity contribution in [1.82, 2.24) is 4.81 Å². The van der Waals surface area contributed by atoms with Crippen LogP contribution in [0, 0.1) is 0 Å². The van der Waals surface area contributed by atoms with Gasteiger partial charge in [-0.2, -0.15) is 0 Å². The SMILES string of the molecule is BN1CCCC1. The Labute approximate surface area is 39.8 Å². The number of rotatable bonds is 0. The summed E-state index contributed by atoms with van der Waals surface area (Å²) >= 11 is 0. The van der Waals surface area contributed by atoms with Gasteiger partial charge in [0.1, 0.15) is 0 Å². The molecule has 1 aliphatic heterocycles. The maximum absolute atomic E-state index is 2.36. The Kier molecular flexibility index (Phi) is 1.15. The minimum absolute atomic E-state index is 1.32. The first-order valence-electron chi connectivity index (χ1n) is 2.58. The van der Waals surface area contributed by atoms with Crippen molar-refractivity contribution in [2.24, 2.45) is 0 Å². The Balaban J connectivity index is 2.18. The smallest absolute Gasteiger partial charge is 0.185 e. The van der Waals surface area contributed by atoms with Gasteiger partial charge in [-0.1, -0.05) is 0 Å². The van der Waals surface area contributed by atoms with E-state index in [1.807, 2.05) is 0 Å². The second-order valence-electron chi connectivity index (χ2n) is 2.01. The van der Waals surface area contributed by atoms with Crippen LogP contribution in [0.1, 0.15) is 12.8 Å².